The fraction of sp³-hybridized carbons (Fsp3) is 0.500. The molecule has 0 radical (unpaired) electrons. The smallest absolute Gasteiger partial charge is 0.147 e. The summed E-state index contributed by atoms with van der Waals surface area (Å²) in [7, 11) is -2.95. The molecule has 1 aromatic carbocycles. The number of rotatable bonds is 6. The lowest BCUT2D eigenvalue weighted by Gasteiger charge is -2.13. The summed E-state index contributed by atoms with van der Waals surface area (Å²) in [5.74, 6) is 0.679. The summed E-state index contributed by atoms with van der Waals surface area (Å²) in [4.78, 5) is 0. The summed E-state index contributed by atoms with van der Waals surface area (Å²) in [5, 5.41) is 9.59. The van der Waals surface area contributed by atoms with Crippen LogP contribution < -0.4 is 4.74 Å². The molecule has 0 amide bonds. The van der Waals surface area contributed by atoms with E-state index in [-0.39, 0.29) is 5.75 Å². The maximum atomic E-state index is 11.0. The van der Waals surface area contributed by atoms with Gasteiger partial charge >= 0.3 is 0 Å². The summed E-state index contributed by atoms with van der Waals surface area (Å²) in [5.41, 5.74) is 0.692. The van der Waals surface area contributed by atoms with Gasteiger partial charge in [0.15, 0.2) is 0 Å². The maximum absolute atomic E-state index is 11.0. The molecule has 0 unspecified atom stereocenters. The van der Waals surface area contributed by atoms with Gasteiger partial charge < -0.3 is 9.84 Å². The van der Waals surface area contributed by atoms with E-state index in [0.717, 1.165) is 4.47 Å². The number of aliphatic hydroxyl groups excluding tert-OH is 1. The molecular weight excluding hydrogens is 320 g/mol. The third kappa shape index (κ3) is 5.37. The van der Waals surface area contributed by atoms with E-state index < -0.39 is 15.9 Å². The molecule has 0 bridgehead atoms. The Morgan fingerprint density at radius 3 is 2.67 bits per heavy atom. The van der Waals surface area contributed by atoms with Gasteiger partial charge in [0.05, 0.1) is 18.5 Å². The van der Waals surface area contributed by atoms with Crippen LogP contribution in [0.4, 0.5) is 0 Å². The largest absolute Gasteiger partial charge is 0.493 e. The van der Waals surface area contributed by atoms with Crippen molar-refractivity contribution in [3.05, 3.63) is 28.2 Å². The molecule has 0 aliphatic carbocycles. The Balaban J connectivity index is 2.63. The molecule has 6 heteroatoms. The maximum Gasteiger partial charge on any atom is 0.147 e. The molecule has 1 N–H and O–H groups in total. The van der Waals surface area contributed by atoms with Crippen molar-refractivity contribution in [2.75, 3.05) is 18.6 Å². The molecule has 0 aliphatic rings. The molecule has 0 heterocycles. The van der Waals surface area contributed by atoms with Gasteiger partial charge in [0.25, 0.3) is 0 Å². The highest BCUT2D eigenvalue weighted by Crippen LogP contribution is 2.28. The lowest BCUT2D eigenvalue weighted by molar-refractivity contribution is 0.191. The first kappa shape index (κ1) is 15.5. The van der Waals surface area contributed by atoms with E-state index in [4.69, 9.17) is 4.74 Å². The van der Waals surface area contributed by atoms with Crippen LogP contribution in [0.25, 0.3) is 0 Å². The van der Waals surface area contributed by atoms with Crippen molar-refractivity contribution in [3.63, 3.8) is 0 Å². The van der Waals surface area contributed by atoms with Gasteiger partial charge in [-0.2, -0.15) is 0 Å². The van der Waals surface area contributed by atoms with E-state index in [2.05, 4.69) is 15.9 Å². The standard InChI is InChI=1S/C12H17BrO4S/c1-9(14)11-5-4-10(13)8-12(11)17-6-3-7-18(2,15)16/h4-5,8-9,14H,3,6-7H2,1-2H3/t9-/m0/s1. The van der Waals surface area contributed by atoms with Crippen molar-refractivity contribution in [2.45, 2.75) is 19.4 Å². The molecule has 0 spiro atoms. The summed E-state index contributed by atoms with van der Waals surface area (Å²) in [6.07, 6.45) is 1.01. The Morgan fingerprint density at radius 2 is 2.11 bits per heavy atom. The molecule has 1 atom stereocenters. The first-order valence-electron chi connectivity index (χ1n) is 5.57. The third-order valence-corrected chi connectivity index (χ3v) is 3.87. The van der Waals surface area contributed by atoms with Crippen LogP contribution in [-0.4, -0.2) is 32.1 Å². The first-order chi connectivity index (χ1) is 8.29. The second kappa shape index (κ2) is 6.54. The predicted octanol–water partition coefficient (Wildman–Crippen LogP) is 2.32. The van der Waals surface area contributed by atoms with E-state index in [1.165, 1.54) is 6.26 Å². The topological polar surface area (TPSA) is 63.6 Å². The van der Waals surface area contributed by atoms with Gasteiger partial charge in [-0.15, -0.1) is 0 Å². The van der Waals surface area contributed by atoms with Crippen molar-refractivity contribution >= 4 is 25.8 Å². The van der Waals surface area contributed by atoms with Crippen LogP contribution in [0.2, 0.25) is 0 Å². The Morgan fingerprint density at radius 1 is 1.44 bits per heavy atom. The number of hydrogen-bond donors (Lipinski definition) is 1. The van der Waals surface area contributed by atoms with Crippen LogP contribution in [0.15, 0.2) is 22.7 Å². The Hall–Kier alpha value is -0.590. The van der Waals surface area contributed by atoms with Crippen LogP contribution in [0.3, 0.4) is 0 Å². The van der Waals surface area contributed by atoms with Crippen molar-refractivity contribution in [1.29, 1.82) is 0 Å². The molecule has 4 nitrogen and oxygen atoms in total. The average Bonchev–Trinajstić information content (AvgIpc) is 2.22. The van der Waals surface area contributed by atoms with Crippen LogP contribution >= 0.6 is 15.9 Å². The lowest BCUT2D eigenvalue weighted by Crippen LogP contribution is -2.09. The molecule has 1 rings (SSSR count). The third-order valence-electron chi connectivity index (χ3n) is 2.34. The van der Waals surface area contributed by atoms with Crippen LogP contribution in [0.5, 0.6) is 5.75 Å². The zero-order chi connectivity index (χ0) is 13.8. The summed E-state index contributed by atoms with van der Waals surface area (Å²) in [6.45, 7) is 1.97. The summed E-state index contributed by atoms with van der Waals surface area (Å²) >= 11 is 3.33. The Bertz CT molecular complexity index is 497. The molecule has 0 aromatic heterocycles. The molecular formula is C12H17BrO4S. The number of sulfone groups is 1. The zero-order valence-electron chi connectivity index (χ0n) is 10.4. The van der Waals surface area contributed by atoms with E-state index in [1.54, 1.807) is 19.1 Å². The Labute approximate surface area is 116 Å². The van der Waals surface area contributed by atoms with Gasteiger partial charge in [-0.1, -0.05) is 22.0 Å². The van der Waals surface area contributed by atoms with Gasteiger partial charge in [-0.25, -0.2) is 8.42 Å². The molecule has 18 heavy (non-hydrogen) atoms. The number of hydrogen-bond acceptors (Lipinski definition) is 4. The van der Waals surface area contributed by atoms with Gasteiger partial charge in [0.2, 0.25) is 0 Å². The van der Waals surface area contributed by atoms with Crippen molar-refractivity contribution in [2.24, 2.45) is 0 Å². The highest BCUT2D eigenvalue weighted by atomic mass is 79.9. The number of aliphatic hydroxyl groups is 1. The highest BCUT2D eigenvalue weighted by Gasteiger charge is 2.10. The van der Waals surface area contributed by atoms with Gasteiger partial charge in [0, 0.05) is 16.3 Å². The second-order valence-electron chi connectivity index (χ2n) is 4.19. The molecule has 0 saturated heterocycles. The van der Waals surface area contributed by atoms with E-state index in [1.807, 2.05) is 6.07 Å². The minimum Gasteiger partial charge on any atom is -0.493 e. The fourth-order valence-electron chi connectivity index (χ4n) is 1.48. The molecule has 0 saturated carbocycles. The Kier molecular flexibility index (Phi) is 5.62. The predicted molar refractivity (Wildman–Crippen MR) is 74.6 cm³/mol. The van der Waals surface area contributed by atoms with Gasteiger partial charge in [0.1, 0.15) is 15.6 Å². The van der Waals surface area contributed by atoms with Crippen molar-refractivity contribution in [1.82, 2.24) is 0 Å². The van der Waals surface area contributed by atoms with Crippen LogP contribution in [0, 0.1) is 0 Å². The van der Waals surface area contributed by atoms with Gasteiger partial charge in [-0.05, 0) is 25.5 Å². The molecule has 0 fully saturated rings. The molecule has 102 valence electrons. The molecule has 0 aliphatic heterocycles. The van der Waals surface area contributed by atoms with E-state index in [0.29, 0.717) is 24.3 Å². The molecule has 1 aromatic rings. The fourth-order valence-corrected chi connectivity index (χ4v) is 2.46. The monoisotopic (exact) mass is 336 g/mol. The lowest BCUT2D eigenvalue weighted by atomic mass is 10.1. The van der Waals surface area contributed by atoms with Crippen LogP contribution in [-0.2, 0) is 9.84 Å². The number of ether oxygens (including phenoxy) is 1. The number of halogens is 1. The first-order valence-corrected chi connectivity index (χ1v) is 8.43. The normalized spacial score (nSPS) is 13.3. The van der Waals surface area contributed by atoms with E-state index in [9.17, 15) is 13.5 Å². The van der Waals surface area contributed by atoms with E-state index >= 15 is 0 Å². The SMILES string of the molecule is C[C@H](O)c1ccc(Br)cc1OCCCS(C)(=O)=O. The second-order valence-corrected chi connectivity index (χ2v) is 7.37. The van der Waals surface area contributed by atoms with Crippen molar-refractivity contribution < 1.29 is 18.3 Å². The number of benzene rings is 1. The zero-order valence-corrected chi connectivity index (χ0v) is 12.8. The average molecular weight is 337 g/mol. The van der Waals surface area contributed by atoms with Gasteiger partial charge in [-0.3, -0.25) is 0 Å². The minimum atomic E-state index is -2.95. The van der Waals surface area contributed by atoms with Crippen molar-refractivity contribution in [3.8, 4) is 5.75 Å². The minimum absolute atomic E-state index is 0.102. The quantitative estimate of drug-likeness (QED) is 0.809. The highest BCUT2D eigenvalue weighted by molar-refractivity contribution is 9.10. The summed E-state index contributed by atoms with van der Waals surface area (Å²) < 4.78 is 28.3. The van der Waals surface area contributed by atoms with Crippen LogP contribution in [0.1, 0.15) is 25.0 Å². The summed E-state index contributed by atoms with van der Waals surface area (Å²) in [6, 6.07) is 5.37.